The third kappa shape index (κ3) is 3.74. The number of fused-ring (bicyclic) bond motifs is 1. The minimum absolute atomic E-state index is 0.0732. The average Bonchev–Trinajstić information content (AvgIpc) is 2.42. The maximum Gasteiger partial charge on any atom is 0.264 e. The summed E-state index contributed by atoms with van der Waals surface area (Å²) >= 11 is 0. The largest absolute Gasteiger partial charge is 0.504 e. The molecule has 5 nitrogen and oxygen atoms in total. The first kappa shape index (κ1) is 18.7. The van der Waals surface area contributed by atoms with Crippen LogP contribution in [0.1, 0.15) is 52.9 Å². The number of methoxy groups -OCH3 is 1. The van der Waals surface area contributed by atoms with Gasteiger partial charge in [-0.25, -0.2) is 0 Å². The van der Waals surface area contributed by atoms with Crippen LogP contribution in [-0.4, -0.2) is 38.6 Å². The highest BCUT2D eigenvalue weighted by atomic mass is 32.2. The van der Waals surface area contributed by atoms with Gasteiger partial charge in [-0.05, 0) is 49.5 Å². The SMILES string of the molecule is CO/C=C1\CC[C@@H](OS(C)(=O)=O)[C@]2(C)CC[C@](O)(C(C)C)C[C@@H]12. The molecule has 1 N–H and O–H groups in total. The highest BCUT2D eigenvalue weighted by Gasteiger charge is 2.55. The van der Waals surface area contributed by atoms with Crippen molar-refractivity contribution in [1.29, 1.82) is 0 Å². The highest BCUT2D eigenvalue weighted by molar-refractivity contribution is 7.86. The van der Waals surface area contributed by atoms with Crippen molar-refractivity contribution in [2.45, 2.75) is 64.6 Å². The summed E-state index contributed by atoms with van der Waals surface area (Å²) in [6.45, 7) is 6.17. The molecule has 2 aliphatic carbocycles. The summed E-state index contributed by atoms with van der Waals surface area (Å²) in [5.41, 5.74) is 0.138. The molecule has 0 aromatic rings. The summed E-state index contributed by atoms with van der Waals surface area (Å²) in [7, 11) is -1.87. The number of hydrogen-bond donors (Lipinski definition) is 1. The Balaban J connectivity index is 2.37. The third-order valence-corrected chi connectivity index (χ3v) is 6.55. The van der Waals surface area contributed by atoms with Crippen molar-refractivity contribution in [1.82, 2.24) is 0 Å². The molecule has 0 aromatic heterocycles. The predicted octanol–water partition coefficient (Wildman–Crippen LogP) is 2.85. The molecule has 0 spiro atoms. The first-order chi connectivity index (χ1) is 10.5. The molecule has 0 aliphatic heterocycles. The van der Waals surface area contributed by atoms with Crippen LogP contribution in [-0.2, 0) is 19.0 Å². The van der Waals surface area contributed by atoms with Crippen molar-refractivity contribution in [3.05, 3.63) is 11.8 Å². The number of hydrogen-bond acceptors (Lipinski definition) is 5. The van der Waals surface area contributed by atoms with Crippen LogP contribution in [0.5, 0.6) is 0 Å². The fourth-order valence-electron chi connectivity index (χ4n) is 4.28. The Bertz CT molecular complexity index is 568. The van der Waals surface area contributed by atoms with Crippen LogP contribution in [0.25, 0.3) is 0 Å². The third-order valence-electron chi connectivity index (χ3n) is 5.96. The lowest BCUT2D eigenvalue weighted by Crippen LogP contribution is -2.54. The predicted molar refractivity (Wildman–Crippen MR) is 89.3 cm³/mol. The van der Waals surface area contributed by atoms with E-state index in [-0.39, 0.29) is 23.4 Å². The van der Waals surface area contributed by atoms with Crippen LogP contribution >= 0.6 is 0 Å². The molecule has 0 amide bonds. The van der Waals surface area contributed by atoms with Gasteiger partial charge in [-0.3, -0.25) is 4.18 Å². The van der Waals surface area contributed by atoms with Crippen molar-refractivity contribution in [2.24, 2.45) is 17.3 Å². The Morgan fingerprint density at radius 1 is 1.35 bits per heavy atom. The number of rotatable bonds is 4. The lowest BCUT2D eigenvalue weighted by Gasteiger charge is -2.55. The molecule has 0 bridgehead atoms. The molecule has 0 saturated heterocycles. The van der Waals surface area contributed by atoms with Gasteiger partial charge in [0.15, 0.2) is 0 Å². The zero-order valence-electron chi connectivity index (χ0n) is 14.8. The zero-order chi connectivity index (χ0) is 17.5. The Hall–Kier alpha value is -0.590. The van der Waals surface area contributed by atoms with Crippen LogP contribution in [0.2, 0.25) is 0 Å². The van der Waals surface area contributed by atoms with Crippen LogP contribution in [0, 0.1) is 17.3 Å². The van der Waals surface area contributed by atoms with E-state index in [1.807, 2.05) is 13.8 Å². The maximum atomic E-state index is 11.6. The van der Waals surface area contributed by atoms with Gasteiger partial charge in [-0.2, -0.15) is 8.42 Å². The molecule has 2 aliphatic rings. The molecule has 4 atom stereocenters. The van der Waals surface area contributed by atoms with Gasteiger partial charge in [-0.15, -0.1) is 0 Å². The van der Waals surface area contributed by atoms with Crippen molar-refractivity contribution >= 4 is 10.1 Å². The lowest BCUT2D eigenvalue weighted by molar-refractivity contribution is -0.121. The van der Waals surface area contributed by atoms with Crippen molar-refractivity contribution in [3.8, 4) is 0 Å². The standard InChI is InChI=1S/C17H30O5S/c1-12(2)17(18)9-8-16(3)14(10-17)13(11-21-4)6-7-15(16)22-23(5,19)20/h11-12,14-15,18H,6-10H2,1-5H3/b13-11+/t14-,15+,16+,17+/m0/s1. The van der Waals surface area contributed by atoms with Crippen molar-refractivity contribution in [3.63, 3.8) is 0 Å². The van der Waals surface area contributed by atoms with Crippen LogP contribution < -0.4 is 0 Å². The molecular weight excluding hydrogens is 316 g/mol. The molecule has 0 aromatic carbocycles. The van der Waals surface area contributed by atoms with E-state index >= 15 is 0 Å². The van der Waals surface area contributed by atoms with Gasteiger partial charge in [0, 0.05) is 5.41 Å². The first-order valence-corrected chi connectivity index (χ1v) is 10.2. The van der Waals surface area contributed by atoms with Crippen LogP contribution in [0.4, 0.5) is 0 Å². The average molecular weight is 346 g/mol. The maximum absolute atomic E-state index is 11.6. The van der Waals surface area contributed by atoms with Gasteiger partial charge < -0.3 is 9.84 Å². The molecular formula is C17H30O5S. The van der Waals surface area contributed by atoms with E-state index in [0.717, 1.165) is 24.7 Å². The van der Waals surface area contributed by atoms with Gasteiger partial charge >= 0.3 is 0 Å². The fourth-order valence-corrected chi connectivity index (χ4v) is 5.01. The van der Waals surface area contributed by atoms with E-state index in [0.29, 0.717) is 19.3 Å². The van der Waals surface area contributed by atoms with E-state index in [4.69, 9.17) is 8.92 Å². The lowest BCUT2D eigenvalue weighted by atomic mass is 9.53. The van der Waals surface area contributed by atoms with E-state index < -0.39 is 15.7 Å². The second-order valence-electron chi connectivity index (χ2n) is 7.78. The first-order valence-electron chi connectivity index (χ1n) is 8.34. The fraction of sp³-hybridized carbons (Fsp3) is 0.882. The highest BCUT2D eigenvalue weighted by Crippen LogP contribution is 2.57. The summed E-state index contributed by atoms with van der Waals surface area (Å²) < 4.78 is 34.0. The van der Waals surface area contributed by atoms with Gasteiger partial charge in [0.05, 0.1) is 31.3 Å². The van der Waals surface area contributed by atoms with Gasteiger partial charge in [0.1, 0.15) is 0 Å². The molecule has 2 rings (SSSR count). The molecule has 0 heterocycles. The molecule has 0 unspecified atom stereocenters. The summed E-state index contributed by atoms with van der Waals surface area (Å²) in [5.74, 6) is 0.233. The smallest absolute Gasteiger partial charge is 0.264 e. The minimum atomic E-state index is -3.50. The summed E-state index contributed by atoms with van der Waals surface area (Å²) in [6, 6.07) is 0. The zero-order valence-corrected chi connectivity index (χ0v) is 15.6. The molecule has 2 fully saturated rings. The van der Waals surface area contributed by atoms with Crippen molar-refractivity contribution in [2.75, 3.05) is 13.4 Å². The van der Waals surface area contributed by atoms with E-state index in [1.54, 1.807) is 13.4 Å². The Morgan fingerprint density at radius 2 is 2.00 bits per heavy atom. The summed E-state index contributed by atoms with van der Waals surface area (Å²) in [4.78, 5) is 0. The second-order valence-corrected chi connectivity index (χ2v) is 9.38. The van der Waals surface area contributed by atoms with E-state index in [9.17, 15) is 13.5 Å². The van der Waals surface area contributed by atoms with Gasteiger partial charge in [0.25, 0.3) is 10.1 Å². The van der Waals surface area contributed by atoms with E-state index in [2.05, 4.69) is 6.92 Å². The second kappa shape index (κ2) is 6.37. The quantitative estimate of drug-likeness (QED) is 0.626. The Labute approximate surface area is 140 Å². The van der Waals surface area contributed by atoms with Gasteiger partial charge in [-0.1, -0.05) is 20.8 Å². The molecule has 23 heavy (non-hydrogen) atoms. The van der Waals surface area contributed by atoms with Crippen LogP contribution in [0.15, 0.2) is 11.8 Å². The summed E-state index contributed by atoms with van der Waals surface area (Å²) in [6.07, 6.45) is 5.98. The topological polar surface area (TPSA) is 72.8 Å². The molecule has 2 saturated carbocycles. The van der Waals surface area contributed by atoms with Gasteiger partial charge in [0.2, 0.25) is 0 Å². The molecule has 6 heteroatoms. The van der Waals surface area contributed by atoms with E-state index in [1.165, 1.54) is 0 Å². The number of ether oxygens (including phenoxy) is 1. The van der Waals surface area contributed by atoms with Crippen LogP contribution in [0.3, 0.4) is 0 Å². The monoisotopic (exact) mass is 346 g/mol. The minimum Gasteiger partial charge on any atom is -0.504 e. The normalized spacial score (nSPS) is 40.2. The Morgan fingerprint density at radius 3 is 2.52 bits per heavy atom. The van der Waals surface area contributed by atoms with Crippen molar-refractivity contribution < 1.29 is 22.4 Å². The molecule has 0 radical (unpaired) electrons. The molecule has 134 valence electrons. The summed E-state index contributed by atoms with van der Waals surface area (Å²) in [5, 5.41) is 11.0. The number of aliphatic hydroxyl groups is 1. The number of allylic oxidation sites excluding steroid dienone is 1. The Kier molecular flexibility index (Phi) is 5.19.